The number of alkyl halides is 12. The van der Waals surface area contributed by atoms with Crippen molar-refractivity contribution in [2.45, 2.75) is 21.2 Å². The number of hydrogen-bond acceptors (Lipinski definition) is 0. The standard InChI is InChI=1S/C2Br2F4.C2ClF5/c2*3-1(4,5)2(6,7)8. The molecule has 0 N–H and O–H groups in total. The van der Waals surface area contributed by atoms with Crippen molar-refractivity contribution in [2.24, 2.45) is 0 Å². The molecule has 0 amide bonds. The molecule has 0 aliphatic carbocycles. The van der Waals surface area contributed by atoms with E-state index in [9.17, 15) is 39.5 Å². The first-order valence-corrected chi connectivity index (χ1v) is 4.73. The van der Waals surface area contributed by atoms with Crippen LogP contribution in [0.5, 0.6) is 0 Å². The summed E-state index contributed by atoms with van der Waals surface area (Å²) >= 11 is 7.00. The zero-order valence-corrected chi connectivity index (χ0v) is 10.5. The minimum absolute atomic E-state index is 1.72. The van der Waals surface area contributed by atoms with E-state index in [1.807, 2.05) is 0 Å². The maximum absolute atomic E-state index is 11.6. The Kier molecular flexibility index (Phi) is 6.53. The first-order chi connectivity index (χ1) is 6.50. The van der Waals surface area contributed by atoms with E-state index in [1.54, 1.807) is 31.9 Å². The van der Waals surface area contributed by atoms with Crippen molar-refractivity contribution in [1.29, 1.82) is 0 Å². The van der Waals surface area contributed by atoms with Crippen LogP contribution in [0, 0.1) is 0 Å². The van der Waals surface area contributed by atoms with Crippen LogP contribution in [-0.2, 0) is 0 Å². The van der Waals surface area contributed by atoms with E-state index in [4.69, 9.17) is 0 Å². The van der Waals surface area contributed by atoms with Crippen molar-refractivity contribution in [3.63, 3.8) is 0 Å². The summed E-state index contributed by atoms with van der Waals surface area (Å²) < 4.78 is 95.2. The van der Waals surface area contributed by atoms with Gasteiger partial charge in [0, 0.05) is 0 Å². The normalized spacial score (nSPS) is 14.2. The van der Waals surface area contributed by atoms with Gasteiger partial charge in [-0.3, -0.25) is 0 Å². The van der Waals surface area contributed by atoms with Gasteiger partial charge >= 0.3 is 21.2 Å². The van der Waals surface area contributed by atoms with Gasteiger partial charge in [0.1, 0.15) is 0 Å². The molecular weight excluding hydrogens is 414 g/mol. The van der Waals surface area contributed by atoms with Gasteiger partial charge in [0.05, 0.1) is 0 Å². The van der Waals surface area contributed by atoms with E-state index in [0.717, 1.165) is 0 Å². The van der Waals surface area contributed by atoms with Crippen LogP contribution in [0.2, 0.25) is 0 Å². The summed E-state index contributed by atoms with van der Waals surface area (Å²) in [4.78, 5) is 0. The Hall–Kier alpha value is 0.620. The van der Waals surface area contributed by atoms with Crippen LogP contribution in [0.15, 0.2) is 0 Å². The van der Waals surface area contributed by atoms with Gasteiger partial charge < -0.3 is 0 Å². The third-order valence-corrected chi connectivity index (χ3v) is 1.76. The lowest BCUT2D eigenvalue weighted by molar-refractivity contribution is -0.241. The molecule has 16 heavy (non-hydrogen) atoms. The smallest absolute Gasteiger partial charge is 0.208 e. The molecule has 12 heteroatoms. The van der Waals surface area contributed by atoms with Crippen LogP contribution in [0.25, 0.3) is 0 Å². The van der Waals surface area contributed by atoms with Gasteiger partial charge in [-0.1, -0.05) is 0 Å². The average Bonchev–Trinajstić information content (AvgIpc) is 1.77. The van der Waals surface area contributed by atoms with Gasteiger partial charge in [-0.2, -0.15) is 35.1 Å². The molecular formula is C4Br2ClF9. The number of rotatable bonds is 0. The highest BCUT2D eigenvalue weighted by atomic mass is 79.9. The van der Waals surface area contributed by atoms with E-state index < -0.39 is 21.2 Å². The van der Waals surface area contributed by atoms with E-state index in [-0.39, 0.29) is 0 Å². The molecule has 0 nitrogen and oxygen atoms in total. The van der Waals surface area contributed by atoms with Crippen LogP contribution in [0.3, 0.4) is 0 Å². The van der Waals surface area contributed by atoms with Crippen molar-refractivity contribution in [3.05, 3.63) is 0 Å². The van der Waals surface area contributed by atoms with Crippen molar-refractivity contribution in [3.8, 4) is 0 Å². The van der Waals surface area contributed by atoms with E-state index >= 15 is 0 Å². The average molecular weight is 414 g/mol. The number of hydrogen-bond donors (Lipinski definition) is 0. The second-order valence-corrected chi connectivity index (χ2v) is 5.72. The molecule has 0 aliphatic rings. The summed E-state index contributed by atoms with van der Waals surface area (Å²) in [7, 11) is 0. The SMILES string of the molecule is FC(F)(F)C(F)(Br)Br.FC(F)(F)C(F)(F)Cl. The third kappa shape index (κ3) is 7.82. The minimum atomic E-state index is -5.63. The predicted molar refractivity (Wildman–Crippen MR) is 44.6 cm³/mol. The maximum Gasteiger partial charge on any atom is 0.469 e. The molecule has 0 aromatic rings. The fraction of sp³-hybridized carbons (Fsp3) is 1.00. The summed E-state index contributed by atoms with van der Waals surface area (Å²) in [6.07, 6.45) is -10.5. The van der Waals surface area contributed by atoms with E-state index in [2.05, 4.69) is 11.6 Å². The molecule has 0 bridgehead atoms. The first kappa shape index (κ1) is 19.0. The van der Waals surface area contributed by atoms with E-state index in [1.165, 1.54) is 0 Å². The molecule has 0 aromatic carbocycles. The highest BCUT2D eigenvalue weighted by Crippen LogP contribution is 2.43. The molecule has 0 heterocycles. The largest absolute Gasteiger partial charge is 0.469 e. The molecule has 0 radical (unpaired) electrons. The summed E-state index contributed by atoms with van der Waals surface area (Å²) in [6.45, 7) is 0. The number of halogens is 12. The maximum atomic E-state index is 11.6. The van der Waals surface area contributed by atoms with Crippen molar-refractivity contribution in [1.82, 2.24) is 0 Å². The summed E-state index contributed by atoms with van der Waals surface area (Å²) in [5.41, 5.74) is 0. The van der Waals surface area contributed by atoms with Gasteiger partial charge in [0.2, 0.25) is 0 Å². The first-order valence-electron chi connectivity index (χ1n) is 2.77. The molecule has 0 atom stereocenters. The summed E-state index contributed by atoms with van der Waals surface area (Å²) in [5.74, 6) is 0. The molecule has 0 saturated heterocycles. The van der Waals surface area contributed by atoms with Gasteiger partial charge in [0.25, 0.3) is 0 Å². The molecule has 0 saturated carbocycles. The van der Waals surface area contributed by atoms with Crippen LogP contribution in [0.4, 0.5) is 39.5 Å². The Morgan fingerprint density at radius 2 is 0.750 bits per heavy atom. The van der Waals surface area contributed by atoms with Crippen molar-refractivity contribution in [2.75, 3.05) is 0 Å². The molecule has 100 valence electrons. The highest BCUT2D eigenvalue weighted by Gasteiger charge is 2.56. The second kappa shape index (κ2) is 5.51. The highest BCUT2D eigenvalue weighted by molar-refractivity contribution is 9.25. The van der Waals surface area contributed by atoms with Crippen molar-refractivity contribution >= 4 is 43.5 Å². The van der Waals surface area contributed by atoms with Gasteiger partial charge in [-0.15, -0.1) is 0 Å². The van der Waals surface area contributed by atoms with Crippen LogP contribution in [0.1, 0.15) is 0 Å². The van der Waals surface area contributed by atoms with Crippen LogP contribution < -0.4 is 0 Å². The zero-order chi connectivity index (χ0) is 14.0. The Morgan fingerprint density at radius 3 is 0.750 bits per heavy atom. The monoisotopic (exact) mass is 412 g/mol. The van der Waals surface area contributed by atoms with Crippen molar-refractivity contribution < 1.29 is 39.5 Å². The molecule has 0 unspecified atom stereocenters. The Morgan fingerprint density at radius 1 is 0.625 bits per heavy atom. The lowest BCUT2D eigenvalue weighted by Gasteiger charge is -2.12. The van der Waals surface area contributed by atoms with Gasteiger partial charge in [-0.05, 0) is 43.5 Å². The molecule has 0 aromatic heterocycles. The van der Waals surface area contributed by atoms with E-state index in [0.29, 0.717) is 0 Å². The van der Waals surface area contributed by atoms with Gasteiger partial charge in [0.15, 0.2) is 0 Å². The topological polar surface area (TPSA) is 0 Å². The molecule has 0 rings (SSSR count). The lowest BCUT2D eigenvalue weighted by atomic mass is 10.7. The molecule has 0 spiro atoms. The third-order valence-electron chi connectivity index (χ3n) is 0.643. The zero-order valence-electron chi connectivity index (χ0n) is 6.54. The van der Waals surface area contributed by atoms with Crippen LogP contribution in [-0.4, -0.2) is 21.2 Å². The molecule has 0 fully saturated rings. The minimum Gasteiger partial charge on any atom is -0.208 e. The molecule has 0 aliphatic heterocycles. The quantitative estimate of drug-likeness (QED) is 0.371. The predicted octanol–water partition coefficient (Wildman–Crippen LogP) is 5.34. The summed E-state index contributed by atoms with van der Waals surface area (Å²) in [6, 6.07) is 0. The Bertz CT molecular complexity index is 160. The van der Waals surface area contributed by atoms with Gasteiger partial charge in [-0.25, -0.2) is 4.39 Å². The lowest BCUT2D eigenvalue weighted by Crippen LogP contribution is -2.29. The van der Waals surface area contributed by atoms with Crippen LogP contribution >= 0.6 is 43.5 Å². The summed E-state index contributed by atoms with van der Waals surface area (Å²) in [5, 5.41) is -5.09. The Balaban J connectivity index is 0. The Labute approximate surface area is 104 Å². The fourth-order valence-electron chi connectivity index (χ4n) is 0. The fourth-order valence-corrected chi connectivity index (χ4v) is 0. The second-order valence-electron chi connectivity index (χ2n) is 1.99.